The van der Waals surface area contributed by atoms with Gasteiger partial charge in [0.1, 0.15) is 23.2 Å². The summed E-state index contributed by atoms with van der Waals surface area (Å²) in [5.74, 6) is 2.59. The highest BCUT2D eigenvalue weighted by Gasteiger charge is 2.07. The molecule has 3 N–H and O–H groups in total. The predicted molar refractivity (Wildman–Crippen MR) is 112 cm³/mol. The summed E-state index contributed by atoms with van der Waals surface area (Å²) in [6.07, 6.45) is 0. The van der Waals surface area contributed by atoms with Gasteiger partial charge in [-0.25, -0.2) is 9.97 Å². The Morgan fingerprint density at radius 2 is 1.54 bits per heavy atom. The van der Waals surface area contributed by atoms with Crippen molar-refractivity contribution in [2.24, 2.45) is 0 Å². The molecule has 0 aliphatic heterocycles. The number of hydrogen-bond acceptors (Lipinski definition) is 6. The zero-order valence-corrected chi connectivity index (χ0v) is 16.3. The van der Waals surface area contributed by atoms with E-state index in [1.165, 1.54) is 6.92 Å². The predicted octanol–water partition coefficient (Wildman–Crippen LogP) is 4.55. The number of hydrogen-bond donors (Lipinski definition) is 3. The number of methoxy groups -OCH3 is 1. The Labute approximate surface area is 164 Å². The van der Waals surface area contributed by atoms with Crippen LogP contribution in [0.1, 0.15) is 18.3 Å². The van der Waals surface area contributed by atoms with Crippen molar-refractivity contribution < 1.29 is 9.53 Å². The Morgan fingerprint density at radius 3 is 2.18 bits per heavy atom. The summed E-state index contributed by atoms with van der Waals surface area (Å²) >= 11 is 0. The lowest BCUT2D eigenvalue weighted by atomic mass is 10.2. The van der Waals surface area contributed by atoms with Crippen molar-refractivity contribution in [1.29, 1.82) is 0 Å². The number of ether oxygens (including phenoxy) is 1. The van der Waals surface area contributed by atoms with E-state index >= 15 is 0 Å². The fourth-order valence-electron chi connectivity index (χ4n) is 2.74. The van der Waals surface area contributed by atoms with Gasteiger partial charge in [-0.15, -0.1) is 0 Å². The van der Waals surface area contributed by atoms with Crippen molar-refractivity contribution >= 4 is 34.6 Å². The average Bonchev–Trinajstić information content (AvgIpc) is 2.63. The molecule has 28 heavy (non-hydrogen) atoms. The van der Waals surface area contributed by atoms with Crippen LogP contribution < -0.4 is 20.7 Å². The van der Waals surface area contributed by atoms with E-state index in [0.29, 0.717) is 17.5 Å². The molecule has 0 bridgehead atoms. The molecule has 7 nitrogen and oxygen atoms in total. The summed E-state index contributed by atoms with van der Waals surface area (Å²) in [6.45, 7) is 5.34. The van der Waals surface area contributed by atoms with Crippen molar-refractivity contribution in [3.05, 3.63) is 59.9 Å². The van der Waals surface area contributed by atoms with Crippen LogP contribution in [0.2, 0.25) is 0 Å². The van der Waals surface area contributed by atoms with Gasteiger partial charge in [-0.2, -0.15) is 0 Å². The Kier molecular flexibility index (Phi) is 5.74. The third kappa shape index (κ3) is 4.97. The van der Waals surface area contributed by atoms with E-state index < -0.39 is 0 Å². The van der Waals surface area contributed by atoms with Gasteiger partial charge in [0.15, 0.2) is 0 Å². The molecule has 3 rings (SSSR count). The Morgan fingerprint density at radius 1 is 0.893 bits per heavy atom. The third-order valence-electron chi connectivity index (χ3n) is 3.93. The highest BCUT2D eigenvalue weighted by Crippen LogP contribution is 2.29. The van der Waals surface area contributed by atoms with Gasteiger partial charge in [-0.05, 0) is 55.8 Å². The molecule has 0 aliphatic rings. The van der Waals surface area contributed by atoms with Crippen LogP contribution in [0, 0.1) is 13.8 Å². The first-order valence-electron chi connectivity index (χ1n) is 8.85. The maximum atomic E-state index is 11.1. The second-order valence-electron chi connectivity index (χ2n) is 6.40. The van der Waals surface area contributed by atoms with Crippen LogP contribution in [-0.2, 0) is 4.79 Å². The normalized spacial score (nSPS) is 10.3. The van der Waals surface area contributed by atoms with Crippen LogP contribution in [0.25, 0.3) is 0 Å². The standard InChI is InChI=1S/C21H23N5O2/c1-13-5-10-19(28-4)18(11-13)26-21-12-20(22-14(2)23-21)25-17-8-6-16(7-9-17)24-15(3)27/h5-12H,1-4H3,(H,24,27)(H2,22,23,25,26). The number of benzene rings is 2. The second kappa shape index (κ2) is 8.39. The fraction of sp³-hybridized carbons (Fsp3) is 0.190. The van der Waals surface area contributed by atoms with E-state index in [9.17, 15) is 4.79 Å². The van der Waals surface area contributed by atoms with Crippen molar-refractivity contribution in [3.8, 4) is 5.75 Å². The van der Waals surface area contributed by atoms with Gasteiger partial charge >= 0.3 is 0 Å². The van der Waals surface area contributed by atoms with Gasteiger partial charge in [0.25, 0.3) is 0 Å². The Bertz CT molecular complexity index is 987. The van der Waals surface area contributed by atoms with E-state index in [0.717, 1.165) is 28.4 Å². The van der Waals surface area contributed by atoms with E-state index in [4.69, 9.17) is 4.74 Å². The number of aryl methyl sites for hydroxylation is 2. The summed E-state index contributed by atoms with van der Waals surface area (Å²) in [5.41, 5.74) is 3.55. The van der Waals surface area contributed by atoms with Gasteiger partial charge in [0, 0.05) is 24.4 Å². The van der Waals surface area contributed by atoms with Crippen LogP contribution in [0.4, 0.5) is 28.7 Å². The minimum Gasteiger partial charge on any atom is -0.495 e. The van der Waals surface area contributed by atoms with Crippen LogP contribution in [0.3, 0.4) is 0 Å². The van der Waals surface area contributed by atoms with E-state index in [-0.39, 0.29) is 5.91 Å². The van der Waals surface area contributed by atoms with Crippen molar-refractivity contribution in [2.75, 3.05) is 23.1 Å². The molecule has 0 spiro atoms. The summed E-state index contributed by atoms with van der Waals surface area (Å²) in [5, 5.41) is 9.30. The lowest BCUT2D eigenvalue weighted by Gasteiger charge is -2.13. The molecule has 0 aliphatic carbocycles. The first-order valence-corrected chi connectivity index (χ1v) is 8.85. The van der Waals surface area contributed by atoms with E-state index in [2.05, 4.69) is 25.9 Å². The van der Waals surface area contributed by atoms with E-state index in [1.807, 2.05) is 62.4 Å². The number of carbonyl (C=O) groups is 1. The minimum absolute atomic E-state index is 0.102. The van der Waals surface area contributed by atoms with Gasteiger partial charge in [-0.3, -0.25) is 4.79 Å². The Hall–Kier alpha value is -3.61. The number of nitrogens with one attached hydrogen (secondary N) is 3. The molecule has 1 amide bonds. The maximum Gasteiger partial charge on any atom is 0.221 e. The first-order chi connectivity index (χ1) is 13.4. The van der Waals surface area contributed by atoms with Crippen LogP contribution >= 0.6 is 0 Å². The molecular formula is C21H23N5O2. The largest absolute Gasteiger partial charge is 0.495 e. The summed E-state index contributed by atoms with van der Waals surface area (Å²) < 4.78 is 5.42. The minimum atomic E-state index is -0.102. The first kappa shape index (κ1) is 19.2. The number of amides is 1. The van der Waals surface area contributed by atoms with Crippen molar-refractivity contribution in [2.45, 2.75) is 20.8 Å². The molecule has 1 aromatic heterocycles. The smallest absolute Gasteiger partial charge is 0.221 e. The molecule has 3 aromatic rings. The lowest BCUT2D eigenvalue weighted by molar-refractivity contribution is -0.114. The number of anilines is 5. The van der Waals surface area contributed by atoms with Crippen LogP contribution in [0.15, 0.2) is 48.5 Å². The molecule has 0 atom stereocenters. The van der Waals surface area contributed by atoms with Crippen molar-refractivity contribution in [1.82, 2.24) is 9.97 Å². The fourth-order valence-corrected chi connectivity index (χ4v) is 2.74. The van der Waals surface area contributed by atoms with Crippen LogP contribution in [0.5, 0.6) is 5.75 Å². The SMILES string of the molecule is COc1ccc(C)cc1Nc1cc(Nc2ccc(NC(C)=O)cc2)nc(C)n1. The number of aromatic nitrogens is 2. The van der Waals surface area contributed by atoms with Crippen molar-refractivity contribution in [3.63, 3.8) is 0 Å². The zero-order valence-electron chi connectivity index (χ0n) is 16.3. The molecular weight excluding hydrogens is 354 g/mol. The summed E-state index contributed by atoms with van der Waals surface area (Å²) in [7, 11) is 1.64. The molecule has 0 saturated carbocycles. The molecule has 0 radical (unpaired) electrons. The number of carbonyl (C=O) groups excluding carboxylic acids is 1. The van der Waals surface area contributed by atoms with Gasteiger partial charge in [0.05, 0.1) is 12.8 Å². The molecule has 0 saturated heterocycles. The second-order valence-corrected chi connectivity index (χ2v) is 6.40. The zero-order chi connectivity index (χ0) is 20.1. The van der Waals surface area contributed by atoms with Gasteiger partial charge in [-0.1, -0.05) is 6.07 Å². The van der Waals surface area contributed by atoms with Gasteiger partial charge < -0.3 is 20.7 Å². The quantitative estimate of drug-likeness (QED) is 0.584. The number of rotatable bonds is 6. The topological polar surface area (TPSA) is 88.2 Å². The average molecular weight is 377 g/mol. The number of nitrogens with zero attached hydrogens (tertiary/aromatic N) is 2. The molecule has 0 unspecified atom stereocenters. The van der Waals surface area contributed by atoms with Crippen LogP contribution in [-0.4, -0.2) is 23.0 Å². The highest BCUT2D eigenvalue weighted by atomic mass is 16.5. The molecule has 7 heteroatoms. The molecule has 1 heterocycles. The molecule has 144 valence electrons. The highest BCUT2D eigenvalue weighted by molar-refractivity contribution is 5.88. The third-order valence-corrected chi connectivity index (χ3v) is 3.93. The Balaban J connectivity index is 1.80. The van der Waals surface area contributed by atoms with E-state index in [1.54, 1.807) is 7.11 Å². The summed E-state index contributed by atoms with van der Waals surface area (Å²) in [6, 6.07) is 15.1. The summed E-state index contributed by atoms with van der Waals surface area (Å²) in [4.78, 5) is 20.0. The molecule has 0 fully saturated rings. The maximum absolute atomic E-state index is 11.1. The monoisotopic (exact) mass is 377 g/mol. The lowest BCUT2D eigenvalue weighted by Crippen LogP contribution is -2.05. The molecule has 2 aromatic carbocycles. The van der Waals surface area contributed by atoms with Gasteiger partial charge in [0.2, 0.25) is 5.91 Å².